The van der Waals surface area contributed by atoms with Gasteiger partial charge in [0.2, 0.25) is 0 Å². The van der Waals surface area contributed by atoms with Gasteiger partial charge in [-0.05, 0) is 20.2 Å². The standard InChI is InChI=1S/C14H22N2O/c1-4-9-16(3)10-11-17-14-8-6-5-7-13(14)12-15-2/h4-8,15H,1,9-12H2,2-3H3. The van der Waals surface area contributed by atoms with Gasteiger partial charge in [0.25, 0.3) is 0 Å². The van der Waals surface area contributed by atoms with E-state index >= 15 is 0 Å². The molecule has 0 aromatic heterocycles. The molecule has 0 heterocycles. The lowest BCUT2D eigenvalue weighted by atomic mass is 10.2. The molecule has 1 aromatic carbocycles. The first-order valence-electron chi connectivity index (χ1n) is 5.92. The molecule has 17 heavy (non-hydrogen) atoms. The number of hydrogen-bond acceptors (Lipinski definition) is 3. The lowest BCUT2D eigenvalue weighted by Crippen LogP contribution is -2.24. The third-order valence-corrected chi connectivity index (χ3v) is 2.51. The van der Waals surface area contributed by atoms with Crippen LogP contribution in [0.2, 0.25) is 0 Å². The van der Waals surface area contributed by atoms with E-state index in [9.17, 15) is 0 Å². The molecule has 3 heteroatoms. The molecule has 1 rings (SSSR count). The van der Waals surface area contributed by atoms with Crippen LogP contribution in [0.15, 0.2) is 36.9 Å². The zero-order chi connectivity index (χ0) is 12.5. The first-order chi connectivity index (χ1) is 8.27. The van der Waals surface area contributed by atoms with Crippen LogP contribution in [0, 0.1) is 0 Å². The van der Waals surface area contributed by atoms with Gasteiger partial charge in [0.1, 0.15) is 12.4 Å². The largest absolute Gasteiger partial charge is 0.492 e. The van der Waals surface area contributed by atoms with Gasteiger partial charge in [-0.25, -0.2) is 0 Å². The molecule has 0 spiro atoms. The normalized spacial score (nSPS) is 10.5. The lowest BCUT2D eigenvalue weighted by Gasteiger charge is -2.16. The quantitative estimate of drug-likeness (QED) is 0.695. The van der Waals surface area contributed by atoms with Crippen molar-refractivity contribution in [3.05, 3.63) is 42.5 Å². The van der Waals surface area contributed by atoms with Crippen LogP contribution >= 0.6 is 0 Å². The Morgan fingerprint density at radius 1 is 1.41 bits per heavy atom. The minimum atomic E-state index is 0.699. The Labute approximate surface area is 104 Å². The number of nitrogens with one attached hydrogen (secondary N) is 1. The summed E-state index contributed by atoms with van der Waals surface area (Å²) in [5.41, 5.74) is 1.20. The summed E-state index contributed by atoms with van der Waals surface area (Å²) in [5, 5.41) is 3.14. The summed E-state index contributed by atoms with van der Waals surface area (Å²) in [6, 6.07) is 8.13. The summed E-state index contributed by atoms with van der Waals surface area (Å²) >= 11 is 0. The summed E-state index contributed by atoms with van der Waals surface area (Å²) < 4.78 is 5.79. The zero-order valence-electron chi connectivity index (χ0n) is 10.8. The summed E-state index contributed by atoms with van der Waals surface area (Å²) in [5.74, 6) is 0.967. The zero-order valence-corrected chi connectivity index (χ0v) is 10.8. The van der Waals surface area contributed by atoms with Gasteiger partial charge in [-0.2, -0.15) is 0 Å². The molecule has 0 atom stereocenters. The summed E-state index contributed by atoms with van der Waals surface area (Å²) in [7, 11) is 4.00. The number of hydrogen-bond donors (Lipinski definition) is 1. The lowest BCUT2D eigenvalue weighted by molar-refractivity contribution is 0.248. The Morgan fingerprint density at radius 3 is 2.88 bits per heavy atom. The molecule has 0 aliphatic heterocycles. The predicted molar refractivity (Wildman–Crippen MR) is 72.4 cm³/mol. The fraction of sp³-hybridized carbons (Fsp3) is 0.429. The van der Waals surface area contributed by atoms with Gasteiger partial charge >= 0.3 is 0 Å². The van der Waals surface area contributed by atoms with Crippen LogP contribution in [0.5, 0.6) is 5.75 Å². The molecule has 0 saturated carbocycles. The van der Waals surface area contributed by atoms with Crippen LogP contribution in [0.4, 0.5) is 0 Å². The molecule has 94 valence electrons. The van der Waals surface area contributed by atoms with Gasteiger partial charge in [0.05, 0.1) is 0 Å². The van der Waals surface area contributed by atoms with E-state index in [1.807, 2.05) is 31.3 Å². The first kappa shape index (κ1) is 13.7. The van der Waals surface area contributed by atoms with E-state index in [0.717, 1.165) is 25.4 Å². The summed E-state index contributed by atoms with van der Waals surface area (Å²) in [6.07, 6.45) is 1.90. The Morgan fingerprint density at radius 2 is 2.18 bits per heavy atom. The van der Waals surface area contributed by atoms with Gasteiger partial charge < -0.3 is 10.1 Å². The van der Waals surface area contributed by atoms with Gasteiger partial charge in [-0.15, -0.1) is 6.58 Å². The fourth-order valence-corrected chi connectivity index (χ4v) is 1.60. The van der Waals surface area contributed by atoms with Gasteiger partial charge in [-0.1, -0.05) is 24.3 Å². The van der Waals surface area contributed by atoms with Gasteiger partial charge in [-0.3, -0.25) is 4.90 Å². The van der Waals surface area contributed by atoms with E-state index < -0.39 is 0 Å². The van der Waals surface area contributed by atoms with E-state index in [4.69, 9.17) is 4.74 Å². The second-order valence-corrected chi connectivity index (χ2v) is 4.04. The number of ether oxygens (including phenoxy) is 1. The molecule has 0 bridgehead atoms. The van der Waals surface area contributed by atoms with Gasteiger partial charge in [0.15, 0.2) is 0 Å². The Kier molecular flexibility index (Phi) is 6.37. The maximum absolute atomic E-state index is 5.79. The average Bonchev–Trinajstić information content (AvgIpc) is 2.32. The Bertz CT molecular complexity index is 339. The van der Waals surface area contributed by atoms with Crippen LogP contribution in [-0.4, -0.2) is 38.7 Å². The Hall–Kier alpha value is -1.32. The third kappa shape index (κ3) is 5.02. The maximum Gasteiger partial charge on any atom is 0.123 e. The van der Waals surface area contributed by atoms with Crippen molar-refractivity contribution in [2.24, 2.45) is 0 Å². The fourth-order valence-electron chi connectivity index (χ4n) is 1.60. The monoisotopic (exact) mass is 234 g/mol. The van der Waals surface area contributed by atoms with E-state index in [0.29, 0.717) is 6.61 Å². The van der Waals surface area contributed by atoms with Crippen molar-refractivity contribution in [3.63, 3.8) is 0 Å². The second-order valence-electron chi connectivity index (χ2n) is 4.04. The molecule has 0 fully saturated rings. The van der Waals surface area contributed by atoms with Crippen LogP contribution < -0.4 is 10.1 Å². The number of likely N-dealkylation sites (N-methyl/N-ethyl adjacent to an activating group) is 1. The molecule has 3 nitrogen and oxygen atoms in total. The minimum Gasteiger partial charge on any atom is -0.492 e. The SMILES string of the molecule is C=CCN(C)CCOc1ccccc1CNC. The molecule has 0 aliphatic carbocycles. The molecular formula is C14H22N2O. The van der Waals surface area contributed by atoms with E-state index in [1.54, 1.807) is 0 Å². The highest BCUT2D eigenvalue weighted by Gasteiger charge is 2.02. The minimum absolute atomic E-state index is 0.699. The molecule has 0 aliphatic rings. The number of para-hydroxylation sites is 1. The van der Waals surface area contributed by atoms with Crippen molar-refractivity contribution in [3.8, 4) is 5.75 Å². The number of benzene rings is 1. The predicted octanol–water partition coefficient (Wildman–Crippen LogP) is 1.90. The molecule has 1 N–H and O–H groups in total. The highest BCUT2D eigenvalue weighted by Crippen LogP contribution is 2.17. The van der Waals surface area contributed by atoms with Crippen LogP contribution in [0.25, 0.3) is 0 Å². The van der Waals surface area contributed by atoms with Gasteiger partial charge in [0, 0.05) is 25.2 Å². The van der Waals surface area contributed by atoms with Crippen LogP contribution in [0.3, 0.4) is 0 Å². The molecule has 0 amide bonds. The molecule has 1 aromatic rings. The Balaban J connectivity index is 2.42. The van der Waals surface area contributed by atoms with E-state index in [2.05, 4.69) is 29.9 Å². The van der Waals surface area contributed by atoms with Crippen LogP contribution in [-0.2, 0) is 6.54 Å². The maximum atomic E-state index is 5.79. The van der Waals surface area contributed by atoms with Crippen molar-refractivity contribution < 1.29 is 4.74 Å². The second kappa shape index (κ2) is 7.87. The van der Waals surface area contributed by atoms with Crippen molar-refractivity contribution in [1.29, 1.82) is 0 Å². The van der Waals surface area contributed by atoms with Crippen molar-refractivity contribution in [2.45, 2.75) is 6.54 Å². The number of rotatable bonds is 8. The highest BCUT2D eigenvalue weighted by atomic mass is 16.5. The van der Waals surface area contributed by atoms with E-state index in [1.165, 1.54) is 5.56 Å². The summed E-state index contributed by atoms with van der Waals surface area (Å²) in [4.78, 5) is 2.17. The smallest absolute Gasteiger partial charge is 0.123 e. The topological polar surface area (TPSA) is 24.5 Å². The third-order valence-electron chi connectivity index (χ3n) is 2.51. The average molecular weight is 234 g/mol. The molecule has 0 unspecified atom stereocenters. The molecular weight excluding hydrogens is 212 g/mol. The highest BCUT2D eigenvalue weighted by molar-refractivity contribution is 5.33. The number of nitrogens with zero attached hydrogens (tertiary/aromatic N) is 1. The molecule has 0 radical (unpaired) electrons. The van der Waals surface area contributed by atoms with E-state index in [-0.39, 0.29) is 0 Å². The van der Waals surface area contributed by atoms with Crippen LogP contribution in [0.1, 0.15) is 5.56 Å². The van der Waals surface area contributed by atoms with Crippen molar-refractivity contribution >= 4 is 0 Å². The summed E-state index contributed by atoms with van der Waals surface area (Å²) in [6.45, 7) is 7.04. The first-order valence-corrected chi connectivity index (χ1v) is 5.92. The van der Waals surface area contributed by atoms with Crippen molar-refractivity contribution in [2.75, 3.05) is 33.8 Å². The molecule has 0 saturated heterocycles. The van der Waals surface area contributed by atoms with Crippen molar-refractivity contribution in [1.82, 2.24) is 10.2 Å².